The van der Waals surface area contributed by atoms with Gasteiger partial charge in [0, 0.05) is 18.3 Å². The normalized spacial score (nSPS) is 10.6. The van der Waals surface area contributed by atoms with Crippen molar-refractivity contribution >= 4 is 23.3 Å². The van der Waals surface area contributed by atoms with Crippen LogP contribution in [0.2, 0.25) is 5.02 Å². The van der Waals surface area contributed by atoms with Crippen molar-refractivity contribution in [3.8, 4) is 0 Å². The van der Waals surface area contributed by atoms with Gasteiger partial charge in [0.05, 0.1) is 10.7 Å². The first-order chi connectivity index (χ1) is 10.0. The summed E-state index contributed by atoms with van der Waals surface area (Å²) in [5.41, 5.74) is 7.00. The average Bonchev–Trinajstić information content (AvgIpc) is 2.81. The van der Waals surface area contributed by atoms with Crippen molar-refractivity contribution < 1.29 is 13.9 Å². The van der Waals surface area contributed by atoms with Crippen molar-refractivity contribution in [3.05, 3.63) is 52.6 Å². The molecule has 6 heteroatoms. The van der Waals surface area contributed by atoms with Gasteiger partial charge in [-0.15, -0.1) is 0 Å². The number of rotatable bonds is 5. The summed E-state index contributed by atoms with van der Waals surface area (Å²) in [4.78, 5) is 12.1. The summed E-state index contributed by atoms with van der Waals surface area (Å²) in [5.74, 6) is -1.05. The minimum absolute atomic E-state index is 0.0336. The number of aryl methyl sites for hydroxylation is 1. The van der Waals surface area contributed by atoms with Gasteiger partial charge < -0.3 is 15.0 Å². The lowest BCUT2D eigenvalue weighted by molar-refractivity contribution is 0.0459. The van der Waals surface area contributed by atoms with Crippen LogP contribution < -0.4 is 5.73 Å². The summed E-state index contributed by atoms with van der Waals surface area (Å²) in [7, 11) is 0. The van der Waals surface area contributed by atoms with E-state index in [0.29, 0.717) is 23.5 Å². The number of anilines is 1. The second-order valence-corrected chi connectivity index (χ2v) is 5.02. The lowest BCUT2D eigenvalue weighted by atomic mass is 10.2. The van der Waals surface area contributed by atoms with E-state index >= 15 is 0 Å². The van der Waals surface area contributed by atoms with Crippen molar-refractivity contribution in [1.82, 2.24) is 4.57 Å². The molecule has 0 aliphatic carbocycles. The fourth-order valence-corrected chi connectivity index (χ4v) is 2.19. The zero-order valence-corrected chi connectivity index (χ0v) is 12.4. The molecule has 1 aromatic carbocycles. The predicted molar refractivity (Wildman–Crippen MR) is 79.7 cm³/mol. The molecule has 0 amide bonds. The molecule has 0 aliphatic rings. The molecule has 2 aromatic rings. The van der Waals surface area contributed by atoms with Gasteiger partial charge in [-0.1, -0.05) is 30.7 Å². The number of ether oxygens (including phenoxy) is 1. The Morgan fingerprint density at radius 3 is 2.95 bits per heavy atom. The van der Waals surface area contributed by atoms with Crippen LogP contribution in [-0.2, 0) is 17.9 Å². The molecule has 0 aliphatic heterocycles. The van der Waals surface area contributed by atoms with Crippen LogP contribution in [0.15, 0.2) is 30.5 Å². The highest BCUT2D eigenvalue weighted by molar-refractivity contribution is 6.31. The minimum atomic E-state index is -0.538. The summed E-state index contributed by atoms with van der Waals surface area (Å²) in [6.45, 7) is 2.58. The van der Waals surface area contributed by atoms with Gasteiger partial charge in [0.2, 0.25) is 0 Å². The Balaban J connectivity index is 2.10. The Morgan fingerprint density at radius 1 is 1.48 bits per heavy atom. The summed E-state index contributed by atoms with van der Waals surface area (Å²) in [6, 6.07) is 5.94. The molecule has 1 aromatic heterocycles. The zero-order valence-electron chi connectivity index (χ0n) is 11.6. The summed E-state index contributed by atoms with van der Waals surface area (Å²) in [5, 5.41) is -0.0336. The maximum atomic E-state index is 13.3. The monoisotopic (exact) mass is 310 g/mol. The van der Waals surface area contributed by atoms with E-state index in [0.717, 1.165) is 6.42 Å². The zero-order chi connectivity index (χ0) is 15.4. The molecule has 0 spiro atoms. The molecule has 112 valence electrons. The molecule has 2 N–H and O–H groups in total. The molecular weight excluding hydrogens is 295 g/mol. The van der Waals surface area contributed by atoms with Crippen LogP contribution in [0.1, 0.15) is 29.4 Å². The van der Waals surface area contributed by atoms with E-state index < -0.39 is 11.8 Å². The van der Waals surface area contributed by atoms with Gasteiger partial charge in [-0.25, -0.2) is 9.18 Å². The number of esters is 1. The smallest absolute Gasteiger partial charge is 0.355 e. The predicted octanol–water partition coefficient (Wildman–Crippen LogP) is 3.63. The molecule has 1 heterocycles. The molecule has 21 heavy (non-hydrogen) atoms. The van der Waals surface area contributed by atoms with E-state index in [4.69, 9.17) is 22.1 Å². The van der Waals surface area contributed by atoms with Gasteiger partial charge in [0.15, 0.2) is 0 Å². The summed E-state index contributed by atoms with van der Waals surface area (Å²) in [6.07, 6.45) is 2.55. The largest absolute Gasteiger partial charge is 0.456 e. The highest BCUT2D eigenvalue weighted by atomic mass is 35.5. The Kier molecular flexibility index (Phi) is 4.85. The van der Waals surface area contributed by atoms with Crippen molar-refractivity contribution in [2.75, 3.05) is 5.73 Å². The second kappa shape index (κ2) is 6.63. The van der Waals surface area contributed by atoms with Gasteiger partial charge in [0.25, 0.3) is 0 Å². The van der Waals surface area contributed by atoms with Gasteiger partial charge >= 0.3 is 5.97 Å². The number of carbonyl (C=O) groups is 1. The second-order valence-electron chi connectivity index (χ2n) is 4.64. The maximum Gasteiger partial charge on any atom is 0.355 e. The third-order valence-electron chi connectivity index (χ3n) is 2.98. The Bertz CT molecular complexity index is 655. The number of hydrogen-bond donors (Lipinski definition) is 1. The number of carbonyl (C=O) groups excluding carboxylic acids is 1. The van der Waals surface area contributed by atoms with Crippen molar-refractivity contribution in [2.24, 2.45) is 0 Å². The molecule has 0 atom stereocenters. The molecule has 0 unspecified atom stereocenters. The fraction of sp³-hybridized carbons (Fsp3) is 0.267. The molecule has 0 fully saturated rings. The van der Waals surface area contributed by atoms with Gasteiger partial charge in [-0.3, -0.25) is 0 Å². The van der Waals surface area contributed by atoms with Gasteiger partial charge in [-0.05, 0) is 18.6 Å². The van der Waals surface area contributed by atoms with E-state index in [-0.39, 0.29) is 11.6 Å². The van der Waals surface area contributed by atoms with Crippen LogP contribution in [-0.4, -0.2) is 10.5 Å². The molecule has 0 saturated carbocycles. The van der Waals surface area contributed by atoms with Gasteiger partial charge in [0.1, 0.15) is 18.1 Å². The molecular formula is C15H16ClFN2O2. The lowest BCUT2D eigenvalue weighted by Gasteiger charge is -2.09. The molecule has 0 bridgehead atoms. The van der Waals surface area contributed by atoms with Crippen LogP contribution in [0.5, 0.6) is 0 Å². The van der Waals surface area contributed by atoms with Crippen molar-refractivity contribution in [3.63, 3.8) is 0 Å². The third-order valence-corrected chi connectivity index (χ3v) is 3.40. The maximum absolute atomic E-state index is 13.3. The summed E-state index contributed by atoms with van der Waals surface area (Å²) < 4.78 is 20.2. The highest BCUT2D eigenvalue weighted by Crippen LogP contribution is 2.21. The van der Waals surface area contributed by atoms with Crippen molar-refractivity contribution in [1.29, 1.82) is 0 Å². The molecule has 0 saturated heterocycles. The number of halogens is 2. The third kappa shape index (κ3) is 3.55. The van der Waals surface area contributed by atoms with Crippen molar-refractivity contribution in [2.45, 2.75) is 26.5 Å². The average molecular weight is 311 g/mol. The molecule has 4 nitrogen and oxygen atoms in total. The van der Waals surface area contributed by atoms with E-state index in [1.807, 2.05) is 6.92 Å². The quantitative estimate of drug-likeness (QED) is 0.858. The first kappa shape index (κ1) is 15.4. The molecule has 2 rings (SSSR count). The lowest BCUT2D eigenvalue weighted by Crippen LogP contribution is -2.12. The van der Waals surface area contributed by atoms with E-state index in [2.05, 4.69) is 0 Å². The SMILES string of the molecule is CCCn1cc(N)cc1C(=O)OCc1cccc(F)c1Cl. The Morgan fingerprint density at radius 2 is 2.24 bits per heavy atom. The minimum Gasteiger partial charge on any atom is -0.456 e. The number of hydrogen-bond acceptors (Lipinski definition) is 3. The van der Waals surface area contributed by atoms with Crippen LogP contribution in [0.3, 0.4) is 0 Å². The van der Waals surface area contributed by atoms with Crippen LogP contribution >= 0.6 is 11.6 Å². The number of nitrogens with zero attached hydrogens (tertiary/aromatic N) is 1. The van der Waals surface area contributed by atoms with Gasteiger partial charge in [-0.2, -0.15) is 0 Å². The van der Waals surface area contributed by atoms with E-state index in [1.54, 1.807) is 22.9 Å². The topological polar surface area (TPSA) is 57.2 Å². The first-order valence-electron chi connectivity index (χ1n) is 6.58. The number of aromatic nitrogens is 1. The summed E-state index contributed by atoms with van der Waals surface area (Å²) >= 11 is 5.82. The fourth-order valence-electron chi connectivity index (χ4n) is 2.01. The van der Waals surface area contributed by atoms with Crippen LogP contribution in [0.4, 0.5) is 10.1 Å². The number of nitrogen functional groups attached to an aromatic ring is 1. The Hall–Kier alpha value is -2.01. The van der Waals surface area contributed by atoms with Crippen LogP contribution in [0.25, 0.3) is 0 Å². The Labute approximate surface area is 127 Å². The highest BCUT2D eigenvalue weighted by Gasteiger charge is 2.15. The molecule has 0 radical (unpaired) electrons. The number of nitrogens with two attached hydrogens (primary N) is 1. The van der Waals surface area contributed by atoms with E-state index in [9.17, 15) is 9.18 Å². The first-order valence-corrected chi connectivity index (χ1v) is 6.96. The van der Waals surface area contributed by atoms with Crippen LogP contribution in [0, 0.1) is 5.82 Å². The standard InChI is InChI=1S/C15H16ClFN2O2/c1-2-6-19-8-11(18)7-13(19)15(20)21-9-10-4-3-5-12(17)14(10)16/h3-5,7-8H,2,6,9,18H2,1H3. The van der Waals surface area contributed by atoms with E-state index in [1.165, 1.54) is 12.1 Å². The number of benzene rings is 1.